The minimum absolute atomic E-state index is 0.0970. The lowest BCUT2D eigenvalue weighted by Crippen LogP contribution is -2.22. The van der Waals surface area contributed by atoms with Crippen molar-refractivity contribution in [1.29, 1.82) is 0 Å². The number of phenols is 1. The number of carbonyl (C=O) groups is 1. The summed E-state index contributed by atoms with van der Waals surface area (Å²) in [5, 5.41) is 7.46. The molecule has 0 aromatic heterocycles. The van der Waals surface area contributed by atoms with E-state index >= 15 is 0 Å². The molecule has 3 nitrogen and oxygen atoms in total. The molecule has 1 aromatic carbocycles. The van der Waals surface area contributed by atoms with Gasteiger partial charge in [0, 0.05) is 4.90 Å². The smallest absolute Gasteiger partial charge is 0.426 e. The zero-order valence-corrected chi connectivity index (χ0v) is 11.2. The number of ether oxygens (including phenoxy) is 1. The van der Waals surface area contributed by atoms with Gasteiger partial charge in [0.05, 0.1) is 7.11 Å². The number of thioether (sulfide) groups is 1. The fourth-order valence-corrected chi connectivity index (χ4v) is 2.16. The van der Waals surface area contributed by atoms with Crippen LogP contribution >= 0.6 is 11.8 Å². The van der Waals surface area contributed by atoms with Gasteiger partial charge in [0.25, 0.3) is 0 Å². The summed E-state index contributed by atoms with van der Waals surface area (Å²) in [6, 6.07) is 3.72. The number of rotatable bonds is 3. The van der Waals surface area contributed by atoms with Gasteiger partial charge in [-0.1, -0.05) is 11.8 Å². The highest BCUT2D eigenvalue weighted by atomic mass is 32.2. The Morgan fingerprint density at radius 2 is 1.95 bits per heavy atom. The van der Waals surface area contributed by atoms with Crippen LogP contribution in [0.15, 0.2) is 33.8 Å². The van der Waals surface area contributed by atoms with Crippen molar-refractivity contribution in [2.45, 2.75) is 18.0 Å². The van der Waals surface area contributed by atoms with Gasteiger partial charge in [-0.25, -0.2) is 4.79 Å². The molecule has 1 N–H and O–H groups in total. The monoisotopic (exact) mass is 310 g/mol. The van der Waals surface area contributed by atoms with Crippen molar-refractivity contribution < 1.29 is 32.2 Å². The van der Waals surface area contributed by atoms with E-state index in [1.807, 2.05) is 0 Å². The minimum atomic E-state index is -5.16. The third kappa shape index (κ3) is 3.89. The summed E-state index contributed by atoms with van der Waals surface area (Å²) in [5.74, 6) is -1.89. The lowest BCUT2D eigenvalue weighted by atomic mass is 10.2. The molecule has 0 saturated carbocycles. The highest BCUT2D eigenvalue weighted by molar-refractivity contribution is 8.03. The first kappa shape index (κ1) is 16.4. The number of hydrogen-bond acceptors (Lipinski definition) is 4. The number of halogens is 4. The number of hydrogen-bond donors (Lipinski definition) is 1. The average molecular weight is 310 g/mol. The van der Waals surface area contributed by atoms with Crippen LogP contribution in [0.4, 0.5) is 17.6 Å². The molecule has 0 aliphatic heterocycles. The third-order valence-corrected chi connectivity index (χ3v) is 3.29. The molecule has 110 valence electrons. The average Bonchev–Trinajstić information content (AvgIpc) is 2.31. The molecule has 0 atom stereocenters. The van der Waals surface area contributed by atoms with Gasteiger partial charge in [0.1, 0.15) is 5.75 Å². The summed E-state index contributed by atoms with van der Waals surface area (Å²) in [6.45, 7) is 1.49. The molecule has 0 aliphatic rings. The topological polar surface area (TPSA) is 46.5 Å². The SMILES string of the molecule is COC(=O)C(=C(F)Sc1ccc(O)cc1C)C(F)(F)F. The van der Waals surface area contributed by atoms with Crippen molar-refractivity contribution in [3.63, 3.8) is 0 Å². The van der Waals surface area contributed by atoms with Crippen molar-refractivity contribution in [2.75, 3.05) is 7.11 Å². The summed E-state index contributed by atoms with van der Waals surface area (Å²) in [6.07, 6.45) is -5.16. The lowest BCUT2D eigenvalue weighted by molar-refractivity contribution is -0.148. The van der Waals surface area contributed by atoms with E-state index in [1.54, 1.807) is 0 Å². The number of esters is 1. The minimum Gasteiger partial charge on any atom is -0.508 e. The van der Waals surface area contributed by atoms with E-state index in [0.29, 0.717) is 5.56 Å². The molecule has 1 rings (SSSR count). The van der Waals surface area contributed by atoms with Gasteiger partial charge >= 0.3 is 12.1 Å². The molecule has 0 fully saturated rings. The number of aromatic hydroxyl groups is 1. The number of aryl methyl sites for hydroxylation is 1. The van der Waals surface area contributed by atoms with E-state index < -0.39 is 22.9 Å². The first-order chi connectivity index (χ1) is 9.16. The van der Waals surface area contributed by atoms with Gasteiger partial charge in [-0.3, -0.25) is 0 Å². The number of methoxy groups -OCH3 is 1. The number of carbonyl (C=O) groups excluding carboxylic acids is 1. The van der Waals surface area contributed by atoms with E-state index in [1.165, 1.54) is 25.1 Å². The normalized spacial score (nSPS) is 12.9. The summed E-state index contributed by atoms with van der Waals surface area (Å²) in [5.41, 5.74) is -1.62. The highest BCUT2D eigenvalue weighted by Gasteiger charge is 2.43. The predicted octanol–water partition coefficient (Wildman–Crippen LogP) is 3.71. The van der Waals surface area contributed by atoms with Crippen LogP contribution in [0, 0.1) is 6.92 Å². The fraction of sp³-hybridized carbons (Fsp3) is 0.250. The quantitative estimate of drug-likeness (QED) is 0.400. The Balaban J connectivity index is 3.20. The Bertz CT molecular complexity index is 552. The highest BCUT2D eigenvalue weighted by Crippen LogP contribution is 2.39. The van der Waals surface area contributed by atoms with Crippen LogP contribution in [0.2, 0.25) is 0 Å². The number of alkyl halides is 3. The molecule has 20 heavy (non-hydrogen) atoms. The second-order valence-electron chi connectivity index (χ2n) is 3.69. The van der Waals surface area contributed by atoms with Crippen molar-refractivity contribution in [1.82, 2.24) is 0 Å². The molecule has 0 heterocycles. The van der Waals surface area contributed by atoms with E-state index in [9.17, 15) is 22.4 Å². The lowest BCUT2D eigenvalue weighted by Gasteiger charge is -2.11. The Morgan fingerprint density at radius 3 is 2.40 bits per heavy atom. The second-order valence-corrected chi connectivity index (χ2v) is 4.69. The third-order valence-electron chi connectivity index (χ3n) is 2.23. The van der Waals surface area contributed by atoms with Gasteiger partial charge in [-0.15, -0.1) is 0 Å². The molecule has 0 aliphatic carbocycles. The van der Waals surface area contributed by atoms with Gasteiger partial charge < -0.3 is 9.84 Å². The predicted molar refractivity (Wildman–Crippen MR) is 64.9 cm³/mol. The number of phenolic OH excluding ortho intramolecular Hbond substituents is 1. The van der Waals surface area contributed by atoms with Crippen molar-refractivity contribution >= 4 is 17.7 Å². The first-order valence-electron chi connectivity index (χ1n) is 5.19. The Kier molecular flexibility index (Phi) is 5.04. The van der Waals surface area contributed by atoms with Crippen LogP contribution in [-0.2, 0) is 9.53 Å². The van der Waals surface area contributed by atoms with Crippen molar-refractivity contribution in [3.05, 3.63) is 34.5 Å². The van der Waals surface area contributed by atoms with Gasteiger partial charge in [0.15, 0.2) is 10.7 Å². The van der Waals surface area contributed by atoms with E-state index in [4.69, 9.17) is 5.11 Å². The summed E-state index contributed by atoms with van der Waals surface area (Å²) < 4.78 is 55.5. The van der Waals surface area contributed by atoms with E-state index in [0.717, 1.165) is 7.11 Å². The van der Waals surface area contributed by atoms with E-state index in [-0.39, 0.29) is 22.4 Å². The van der Waals surface area contributed by atoms with Crippen LogP contribution in [0.25, 0.3) is 0 Å². The van der Waals surface area contributed by atoms with Gasteiger partial charge in [-0.05, 0) is 30.7 Å². The van der Waals surface area contributed by atoms with Crippen molar-refractivity contribution in [2.24, 2.45) is 0 Å². The van der Waals surface area contributed by atoms with Crippen LogP contribution in [0.1, 0.15) is 5.56 Å². The van der Waals surface area contributed by atoms with Crippen LogP contribution < -0.4 is 0 Å². The first-order valence-corrected chi connectivity index (χ1v) is 6.01. The van der Waals surface area contributed by atoms with Gasteiger partial charge in [-0.2, -0.15) is 17.6 Å². The molecule has 0 unspecified atom stereocenters. The summed E-state index contributed by atoms with van der Waals surface area (Å²) >= 11 is 0.139. The zero-order chi connectivity index (χ0) is 15.5. The van der Waals surface area contributed by atoms with Crippen LogP contribution in [0.5, 0.6) is 5.75 Å². The molecule has 1 aromatic rings. The Hall–Kier alpha value is -1.70. The van der Waals surface area contributed by atoms with E-state index in [2.05, 4.69) is 4.74 Å². The Morgan fingerprint density at radius 1 is 1.35 bits per heavy atom. The molecule has 0 spiro atoms. The zero-order valence-electron chi connectivity index (χ0n) is 10.4. The molecular formula is C12H10F4O3S. The largest absolute Gasteiger partial charge is 0.508 e. The molecule has 0 bridgehead atoms. The van der Waals surface area contributed by atoms with Crippen LogP contribution in [0.3, 0.4) is 0 Å². The summed E-state index contributed by atoms with van der Waals surface area (Å²) in [4.78, 5) is 11.2. The molecule has 0 saturated heterocycles. The van der Waals surface area contributed by atoms with Crippen LogP contribution in [-0.4, -0.2) is 24.4 Å². The molecular weight excluding hydrogens is 300 g/mol. The maximum Gasteiger partial charge on any atom is 0.426 e. The van der Waals surface area contributed by atoms with Crippen molar-refractivity contribution in [3.8, 4) is 5.75 Å². The molecule has 8 heteroatoms. The second kappa shape index (κ2) is 6.17. The fourth-order valence-electron chi connectivity index (χ4n) is 1.31. The maximum absolute atomic E-state index is 13.7. The number of benzene rings is 1. The standard InChI is InChI=1S/C12H10F4O3S/c1-6-5-7(17)3-4-8(6)20-10(13)9(11(18)19-2)12(14,15)16/h3-5,17H,1-2H3. The molecule has 0 amide bonds. The Labute approximate surface area is 116 Å². The van der Waals surface area contributed by atoms with Gasteiger partial charge in [0.2, 0.25) is 0 Å². The summed E-state index contributed by atoms with van der Waals surface area (Å²) in [7, 11) is 0.734. The maximum atomic E-state index is 13.7. The molecule has 0 radical (unpaired) electrons.